The molecule has 1 aliphatic heterocycles. The molecule has 1 aromatic carbocycles. The van der Waals surface area contributed by atoms with Gasteiger partial charge in [0.15, 0.2) is 0 Å². The Labute approximate surface area is 134 Å². The number of hydrogen-bond acceptors (Lipinski definition) is 5. The van der Waals surface area contributed by atoms with Crippen LogP contribution in [0.5, 0.6) is 5.75 Å². The highest BCUT2D eigenvalue weighted by atomic mass is 32.2. The number of anilines is 1. The van der Waals surface area contributed by atoms with E-state index in [1.165, 1.54) is 16.7 Å². The number of phenolic OH excluding ortho intramolecular Hbond substituents is 1. The Bertz CT molecular complexity index is 610. The minimum atomic E-state index is -0.128. The van der Waals surface area contributed by atoms with Crippen molar-refractivity contribution in [3.05, 3.63) is 28.7 Å². The van der Waals surface area contributed by atoms with Crippen LogP contribution in [0.25, 0.3) is 6.08 Å². The molecule has 1 saturated heterocycles. The summed E-state index contributed by atoms with van der Waals surface area (Å²) in [6.45, 7) is 5.90. The molecule has 2 rings (SSSR count). The molecule has 0 unspecified atom stereocenters. The van der Waals surface area contributed by atoms with Crippen molar-refractivity contribution in [1.29, 1.82) is 0 Å². The van der Waals surface area contributed by atoms with Crippen molar-refractivity contribution in [3.8, 4) is 5.75 Å². The molecule has 21 heavy (non-hydrogen) atoms. The Balaban J connectivity index is 2.30. The van der Waals surface area contributed by atoms with E-state index >= 15 is 0 Å². The van der Waals surface area contributed by atoms with Gasteiger partial charge in [-0.1, -0.05) is 24.0 Å². The topological polar surface area (TPSA) is 43.8 Å². The molecule has 0 aliphatic carbocycles. The van der Waals surface area contributed by atoms with Gasteiger partial charge >= 0.3 is 0 Å². The zero-order valence-electron chi connectivity index (χ0n) is 12.3. The van der Waals surface area contributed by atoms with Crippen molar-refractivity contribution in [2.24, 2.45) is 0 Å². The second kappa shape index (κ2) is 6.49. The number of thioether (sulfide) groups is 1. The molecule has 0 bridgehead atoms. The van der Waals surface area contributed by atoms with Crippen molar-refractivity contribution >= 4 is 46.0 Å². The summed E-state index contributed by atoms with van der Waals surface area (Å²) >= 11 is 6.34. The van der Waals surface area contributed by atoms with Gasteiger partial charge in [-0.15, -0.1) is 0 Å². The van der Waals surface area contributed by atoms with Crippen LogP contribution >= 0.6 is 24.0 Å². The smallest absolute Gasteiger partial charge is 0.265 e. The molecule has 4 nitrogen and oxygen atoms in total. The molecule has 1 N–H and O–H groups in total. The molecule has 112 valence electrons. The summed E-state index contributed by atoms with van der Waals surface area (Å²) in [6.07, 6.45) is 1.68. The van der Waals surface area contributed by atoms with Gasteiger partial charge in [-0.2, -0.15) is 0 Å². The maximum Gasteiger partial charge on any atom is 0.265 e. The lowest BCUT2D eigenvalue weighted by Crippen LogP contribution is -2.22. The lowest BCUT2D eigenvalue weighted by Gasteiger charge is -2.21. The largest absolute Gasteiger partial charge is 0.507 e. The van der Waals surface area contributed by atoms with Crippen molar-refractivity contribution < 1.29 is 9.90 Å². The van der Waals surface area contributed by atoms with Gasteiger partial charge in [-0.3, -0.25) is 9.69 Å². The second-order valence-electron chi connectivity index (χ2n) is 4.66. The molecule has 1 fully saturated rings. The van der Waals surface area contributed by atoms with E-state index in [0.717, 1.165) is 18.8 Å². The maximum absolute atomic E-state index is 12.0. The van der Waals surface area contributed by atoms with Gasteiger partial charge in [0.1, 0.15) is 10.1 Å². The molecule has 1 aliphatic rings. The zero-order valence-corrected chi connectivity index (χ0v) is 13.9. The number of aromatic hydroxyl groups is 1. The monoisotopic (exact) mass is 322 g/mol. The minimum absolute atomic E-state index is 0.128. The molecule has 1 amide bonds. The quantitative estimate of drug-likeness (QED) is 0.682. The summed E-state index contributed by atoms with van der Waals surface area (Å²) in [5.41, 5.74) is 1.59. The molecule has 1 aromatic rings. The summed E-state index contributed by atoms with van der Waals surface area (Å²) in [4.78, 5) is 16.1. The Kier molecular flexibility index (Phi) is 4.90. The van der Waals surface area contributed by atoms with Gasteiger partial charge in [-0.05, 0) is 32.1 Å². The minimum Gasteiger partial charge on any atom is -0.507 e. The zero-order chi connectivity index (χ0) is 15.6. The van der Waals surface area contributed by atoms with Crippen LogP contribution in [-0.2, 0) is 4.79 Å². The van der Waals surface area contributed by atoms with E-state index in [-0.39, 0.29) is 11.7 Å². The van der Waals surface area contributed by atoms with Gasteiger partial charge < -0.3 is 10.0 Å². The standard InChI is InChI=1S/C15H18N2O2S2/c1-4-17(5-2)11-7-6-10(12(18)9-11)8-13-14(19)16(3)15(20)21-13/h6-9,18H,4-5H2,1-3H3/b13-8-. The molecule has 0 atom stereocenters. The average Bonchev–Trinajstić information content (AvgIpc) is 2.70. The van der Waals surface area contributed by atoms with Crippen LogP contribution in [0.3, 0.4) is 0 Å². The third kappa shape index (κ3) is 3.22. The van der Waals surface area contributed by atoms with Gasteiger partial charge in [0.05, 0.1) is 4.91 Å². The maximum atomic E-state index is 12.0. The van der Waals surface area contributed by atoms with E-state index in [4.69, 9.17) is 12.2 Å². The highest BCUT2D eigenvalue weighted by Crippen LogP contribution is 2.34. The first-order valence-corrected chi connectivity index (χ1v) is 7.99. The molecule has 1 heterocycles. The van der Waals surface area contributed by atoms with Gasteiger partial charge in [0.25, 0.3) is 5.91 Å². The third-order valence-electron chi connectivity index (χ3n) is 3.42. The fraction of sp³-hybridized carbons (Fsp3) is 0.333. The number of amides is 1. The number of hydrogen-bond donors (Lipinski definition) is 1. The first kappa shape index (κ1) is 15.9. The number of likely N-dealkylation sites (N-methyl/N-ethyl adjacent to an activating group) is 1. The van der Waals surface area contributed by atoms with E-state index < -0.39 is 0 Å². The number of carbonyl (C=O) groups excluding carboxylic acids is 1. The van der Waals surface area contributed by atoms with Crippen LogP contribution in [0.1, 0.15) is 19.4 Å². The van der Waals surface area contributed by atoms with Crippen molar-refractivity contribution in [1.82, 2.24) is 4.90 Å². The normalized spacial score (nSPS) is 16.9. The van der Waals surface area contributed by atoms with Crippen molar-refractivity contribution in [3.63, 3.8) is 0 Å². The van der Waals surface area contributed by atoms with Gasteiger partial charge in [-0.25, -0.2) is 0 Å². The summed E-state index contributed by atoms with van der Waals surface area (Å²) in [5, 5.41) is 10.2. The van der Waals surface area contributed by atoms with Gasteiger partial charge in [0.2, 0.25) is 0 Å². The molecular weight excluding hydrogens is 304 g/mol. The fourth-order valence-corrected chi connectivity index (χ4v) is 3.30. The lowest BCUT2D eigenvalue weighted by molar-refractivity contribution is -0.121. The highest BCUT2D eigenvalue weighted by Gasteiger charge is 2.28. The lowest BCUT2D eigenvalue weighted by atomic mass is 10.1. The molecule has 0 radical (unpaired) electrons. The first-order valence-electron chi connectivity index (χ1n) is 6.77. The van der Waals surface area contributed by atoms with E-state index in [1.807, 2.05) is 12.1 Å². The average molecular weight is 322 g/mol. The number of phenols is 1. The molecule has 0 spiro atoms. The summed E-state index contributed by atoms with van der Waals surface area (Å²) in [6, 6.07) is 5.50. The van der Waals surface area contributed by atoms with E-state index in [2.05, 4.69) is 18.7 Å². The van der Waals surface area contributed by atoms with Crippen molar-refractivity contribution in [2.75, 3.05) is 25.0 Å². The Morgan fingerprint density at radius 1 is 1.38 bits per heavy atom. The van der Waals surface area contributed by atoms with Crippen molar-refractivity contribution in [2.45, 2.75) is 13.8 Å². The number of nitrogens with zero attached hydrogens (tertiary/aromatic N) is 2. The predicted molar refractivity (Wildman–Crippen MR) is 92.6 cm³/mol. The fourth-order valence-electron chi connectivity index (χ4n) is 2.13. The second-order valence-corrected chi connectivity index (χ2v) is 6.33. The van der Waals surface area contributed by atoms with E-state index in [9.17, 15) is 9.90 Å². The number of thiocarbonyl (C=S) groups is 1. The Morgan fingerprint density at radius 3 is 2.52 bits per heavy atom. The Morgan fingerprint density at radius 2 is 2.05 bits per heavy atom. The predicted octanol–water partition coefficient (Wildman–Crippen LogP) is 3.07. The number of benzene rings is 1. The first-order chi connectivity index (χ1) is 9.97. The van der Waals surface area contributed by atoms with Crippen LogP contribution in [0, 0.1) is 0 Å². The highest BCUT2D eigenvalue weighted by molar-refractivity contribution is 8.26. The summed E-state index contributed by atoms with van der Waals surface area (Å²) in [5.74, 6) is 0.0398. The summed E-state index contributed by atoms with van der Waals surface area (Å²) < 4.78 is 0.533. The van der Waals surface area contributed by atoms with E-state index in [1.54, 1.807) is 19.2 Å². The SMILES string of the molecule is CCN(CC)c1ccc(/C=C2\SC(=S)N(C)C2=O)c(O)c1. The van der Waals surface area contributed by atoms with Crippen LogP contribution < -0.4 is 4.90 Å². The number of rotatable bonds is 4. The van der Waals surface area contributed by atoms with Crippen LogP contribution in [0.15, 0.2) is 23.1 Å². The molecule has 0 saturated carbocycles. The van der Waals surface area contributed by atoms with Gasteiger partial charge in [0, 0.05) is 37.5 Å². The number of carbonyl (C=O) groups is 1. The van der Waals surface area contributed by atoms with E-state index in [0.29, 0.717) is 14.8 Å². The molecular formula is C15H18N2O2S2. The molecule has 6 heteroatoms. The Hall–Kier alpha value is -1.53. The third-order valence-corrected chi connectivity index (χ3v) is 4.90. The van der Waals surface area contributed by atoms with Crippen LogP contribution in [-0.4, -0.2) is 40.4 Å². The van der Waals surface area contributed by atoms with Crippen LogP contribution in [0.2, 0.25) is 0 Å². The van der Waals surface area contributed by atoms with Crippen LogP contribution in [0.4, 0.5) is 5.69 Å². The molecule has 0 aromatic heterocycles. The summed E-state index contributed by atoms with van der Waals surface area (Å²) in [7, 11) is 1.65.